The topological polar surface area (TPSA) is 41.1 Å². The van der Waals surface area contributed by atoms with Crippen LogP contribution in [-0.4, -0.2) is 25.0 Å². The van der Waals surface area contributed by atoms with Crippen LogP contribution in [0.3, 0.4) is 0 Å². The highest BCUT2D eigenvalue weighted by Crippen LogP contribution is 2.17. The summed E-state index contributed by atoms with van der Waals surface area (Å²) in [5.74, 6) is -1.59. The van der Waals surface area contributed by atoms with Crippen molar-refractivity contribution in [1.82, 2.24) is 10.6 Å². The Morgan fingerprint density at radius 3 is 2.68 bits per heavy atom. The van der Waals surface area contributed by atoms with Crippen molar-refractivity contribution < 1.29 is 13.6 Å². The normalized spacial score (nSPS) is 18.1. The molecular weight excluding hydrogens is 250 g/mol. The highest BCUT2D eigenvalue weighted by molar-refractivity contribution is 5.94. The Labute approximate surface area is 111 Å². The average Bonchev–Trinajstić information content (AvgIpc) is 2.39. The highest BCUT2D eigenvalue weighted by atomic mass is 19.1. The molecule has 1 amide bonds. The predicted octanol–water partition coefficient (Wildman–Crippen LogP) is 2.08. The number of halogens is 2. The highest BCUT2D eigenvalue weighted by Gasteiger charge is 2.22. The molecule has 1 fully saturated rings. The molecule has 5 heteroatoms. The van der Waals surface area contributed by atoms with Crippen LogP contribution in [0.4, 0.5) is 8.78 Å². The van der Waals surface area contributed by atoms with Crippen LogP contribution < -0.4 is 10.6 Å². The van der Waals surface area contributed by atoms with Gasteiger partial charge in [0, 0.05) is 12.1 Å². The maximum Gasteiger partial charge on any atom is 0.254 e. The number of carbonyl (C=O) groups is 1. The average molecular weight is 268 g/mol. The maximum absolute atomic E-state index is 13.5. The van der Waals surface area contributed by atoms with E-state index in [-0.39, 0.29) is 11.6 Å². The van der Waals surface area contributed by atoms with Crippen molar-refractivity contribution in [2.75, 3.05) is 13.1 Å². The van der Waals surface area contributed by atoms with E-state index in [0.717, 1.165) is 38.1 Å². The quantitative estimate of drug-likeness (QED) is 0.881. The standard InChI is InChI=1S/C14H18F2N2O/c1-9(10-4-6-17-7-5-10)18-14(19)12-3-2-11(15)8-13(12)16/h2-3,8-10,17H,4-7H2,1H3,(H,18,19). The first-order chi connectivity index (χ1) is 9.08. The van der Waals surface area contributed by atoms with Gasteiger partial charge in [-0.3, -0.25) is 4.79 Å². The van der Waals surface area contributed by atoms with Gasteiger partial charge in [0.15, 0.2) is 0 Å². The second-order valence-corrected chi connectivity index (χ2v) is 4.97. The van der Waals surface area contributed by atoms with Gasteiger partial charge in [-0.25, -0.2) is 8.78 Å². The molecule has 1 unspecified atom stereocenters. The van der Waals surface area contributed by atoms with Crippen molar-refractivity contribution in [2.24, 2.45) is 5.92 Å². The second-order valence-electron chi connectivity index (χ2n) is 4.97. The molecule has 0 bridgehead atoms. The van der Waals surface area contributed by atoms with E-state index in [1.165, 1.54) is 6.07 Å². The van der Waals surface area contributed by atoms with E-state index < -0.39 is 17.5 Å². The van der Waals surface area contributed by atoms with E-state index in [1.807, 2.05) is 6.92 Å². The van der Waals surface area contributed by atoms with E-state index in [2.05, 4.69) is 10.6 Å². The summed E-state index contributed by atoms with van der Waals surface area (Å²) in [4.78, 5) is 11.9. The third-order valence-corrected chi connectivity index (χ3v) is 3.63. The van der Waals surface area contributed by atoms with Crippen molar-refractivity contribution in [3.05, 3.63) is 35.4 Å². The fourth-order valence-electron chi connectivity index (χ4n) is 2.42. The predicted molar refractivity (Wildman–Crippen MR) is 68.9 cm³/mol. The van der Waals surface area contributed by atoms with Gasteiger partial charge in [-0.15, -0.1) is 0 Å². The molecule has 0 radical (unpaired) electrons. The molecule has 0 spiro atoms. The Morgan fingerprint density at radius 2 is 2.05 bits per heavy atom. The SMILES string of the molecule is CC(NC(=O)c1ccc(F)cc1F)C1CCNCC1. The number of piperidine rings is 1. The summed E-state index contributed by atoms with van der Waals surface area (Å²) in [5.41, 5.74) is -0.109. The molecule has 2 rings (SSSR count). The second kappa shape index (κ2) is 6.10. The molecule has 1 aliphatic rings. The number of rotatable bonds is 3. The zero-order chi connectivity index (χ0) is 13.8. The lowest BCUT2D eigenvalue weighted by Gasteiger charge is -2.28. The van der Waals surface area contributed by atoms with Crippen LogP contribution in [0.2, 0.25) is 0 Å². The van der Waals surface area contributed by atoms with Crippen LogP contribution in [0.5, 0.6) is 0 Å². The summed E-state index contributed by atoms with van der Waals surface area (Å²) >= 11 is 0. The van der Waals surface area contributed by atoms with E-state index in [9.17, 15) is 13.6 Å². The van der Waals surface area contributed by atoms with E-state index in [4.69, 9.17) is 0 Å². The van der Waals surface area contributed by atoms with Gasteiger partial charge >= 0.3 is 0 Å². The third-order valence-electron chi connectivity index (χ3n) is 3.63. The fourth-order valence-corrected chi connectivity index (χ4v) is 2.42. The van der Waals surface area contributed by atoms with Crippen molar-refractivity contribution in [2.45, 2.75) is 25.8 Å². The van der Waals surface area contributed by atoms with Crippen LogP contribution in [0, 0.1) is 17.6 Å². The molecule has 1 aromatic rings. The molecule has 3 nitrogen and oxygen atoms in total. The van der Waals surface area contributed by atoms with E-state index in [0.29, 0.717) is 5.92 Å². The Balaban J connectivity index is 1.99. The summed E-state index contributed by atoms with van der Waals surface area (Å²) in [7, 11) is 0. The van der Waals surface area contributed by atoms with Crippen molar-refractivity contribution in [3.63, 3.8) is 0 Å². The Kier molecular flexibility index (Phi) is 4.47. The smallest absolute Gasteiger partial charge is 0.254 e. The third kappa shape index (κ3) is 3.50. The summed E-state index contributed by atoms with van der Waals surface area (Å²) in [5, 5.41) is 6.05. The number of nitrogens with one attached hydrogen (secondary N) is 2. The summed E-state index contributed by atoms with van der Waals surface area (Å²) < 4.78 is 26.3. The monoisotopic (exact) mass is 268 g/mol. The molecule has 0 saturated carbocycles. The summed E-state index contributed by atoms with van der Waals surface area (Å²) in [6.45, 7) is 3.81. The van der Waals surface area contributed by atoms with Gasteiger partial charge in [0.05, 0.1) is 5.56 Å². The molecule has 1 heterocycles. The largest absolute Gasteiger partial charge is 0.349 e. The van der Waals surface area contributed by atoms with Gasteiger partial charge in [0.1, 0.15) is 11.6 Å². The summed E-state index contributed by atoms with van der Waals surface area (Å²) in [6, 6.07) is 2.98. The Hall–Kier alpha value is -1.49. The summed E-state index contributed by atoms with van der Waals surface area (Å²) in [6.07, 6.45) is 1.99. The molecule has 0 aliphatic carbocycles. The molecule has 1 atom stereocenters. The molecule has 0 aromatic heterocycles. The van der Waals surface area contributed by atoms with E-state index >= 15 is 0 Å². The lowest BCUT2D eigenvalue weighted by molar-refractivity contribution is 0.0916. The first-order valence-corrected chi connectivity index (χ1v) is 6.54. The van der Waals surface area contributed by atoms with Crippen LogP contribution in [0.15, 0.2) is 18.2 Å². The molecule has 1 saturated heterocycles. The zero-order valence-corrected chi connectivity index (χ0v) is 10.9. The number of hydrogen-bond acceptors (Lipinski definition) is 2. The number of amides is 1. The Bertz CT molecular complexity index is 459. The number of hydrogen-bond donors (Lipinski definition) is 2. The van der Waals surface area contributed by atoms with Gasteiger partial charge in [-0.1, -0.05) is 0 Å². The minimum Gasteiger partial charge on any atom is -0.349 e. The van der Waals surface area contributed by atoms with Gasteiger partial charge in [-0.2, -0.15) is 0 Å². The van der Waals surface area contributed by atoms with Crippen LogP contribution in [0.1, 0.15) is 30.1 Å². The molecule has 2 N–H and O–H groups in total. The number of carbonyl (C=O) groups excluding carboxylic acids is 1. The van der Waals surface area contributed by atoms with Crippen molar-refractivity contribution >= 4 is 5.91 Å². The Morgan fingerprint density at radius 1 is 1.37 bits per heavy atom. The minimum absolute atomic E-state index is 0.0148. The van der Waals surface area contributed by atoms with Gasteiger partial charge in [0.25, 0.3) is 5.91 Å². The zero-order valence-electron chi connectivity index (χ0n) is 10.9. The lowest BCUT2D eigenvalue weighted by atomic mass is 9.91. The van der Waals surface area contributed by atoms with Crippen LogP contribution in [0.25, 0.3) is 0 Å². The molecule has 19 heavy (non-hydrogen) atoms. The molecule has 1 aromatic carbocycles. The molecular formula is C14H18F2N2O. The minimum atomic E-state index is -0.824. The first-order valence-electron chi connectivity index (χ1n) is 6.54. The number of benzene rings is 1. The first kappa shape index (κ1) is 13.9. The molecule has 104 valence electrons. The lowest BCUT2D eigenvalue weighted by Crippen LogP contribution is -2.42. The van der Waals surface area contributed by atoms with Crippen LogP contribution >= 0.6 is 0 Å². The van der Waals surface area contributed by atoms with E-state index in [1.54, 1.807) is 0 Å². The van der Waals surface area contributed by atoms with Crippen molar-refractivity contribution in [1.29, 1.82) is 0 Å². The van der Waals surface area contributed by atoms with Gasteiger partial charge in [-0.05, 0) is 50.9 Å². The van der Waals surface area contributed by atoms with Gasteiger partial charge < -0.3 is 10.6 Å². The fraction of sp³-hybridized carbons (Fsp3) is 0.500. The van der Waals surface area contributed by atoms with Gasteiger partial charge in [0.2, 0.25) is 0 Å². The van der Waals surface area contributed by atoms with Crippen LogP contribution in [-0.2, 0) is 0 Å². The molecule has 1 aliphatic heterocycles. The van der Waals surface area contributed by atoms with Crippen molar-refractivity contribution in [3.8, 4) is 0 Å². The maximum atomic E-state index is 13.5.